The summed E-state index contributed by atoms with van der Waals surface area (Å²) in [7, 11) is -3.23. The van der Waals surface area contributed by atoms with Gasteiger partial charge in [-0.3, -0.25) is 4.79 Å². The Bertz CT molecular complexity index is 611. The van der Waals surface area contributed by atoms with Crippen molar-refractivity contribution in [2.24, 2.45) is 5.92 Å². The molecular formula is C13H16F2N2O3S. The standard InChI is InChI=1S/C13H16F2N2O3S/c1-21(19,20)11-4-2-10(3-5-11)17-7-9(8-17)13(18)16-6-12(14)15/h2-5,9,12H,6-8H2,1H3,(H,16,18). The quantitative estimate of drug-likeness (QED) is 0.876. The molecule has 1 saturated heterocycles. The summed E-state index contributed by atoms with van der Waals surface area (Å²) < 4.78 is 46.6. The topological polar surface area (TPSA) is 66.5 Å². The summed E-state index contributed by atoms with van der Waals surface area (Å²) in [6.45, 7) is 0.249. The van der Waals surface area contributed by atoms with Crippen molar-refractivity contribution in [3.8, 4) is 0 Å². The van der Waals surface area contributed by atoms with Crippen LogP contribution < -0.4 is 10.2 Å². The average molecular weight is 318 g/mol. The second-order valence-corrected chi connectivity index (χ2v) is 7.02. The number of carbonyl (C=O) groups excluding carboxylic acids is 1. The van der Waals surface area contributed by atoms with Gasteiger partial charge in [0.15, 0.2) is 9.84 Å². The number of halogens is 2. The zero-order valence-electron chi connectivity index (χ0n) is 11.4. The first-order chi connectivity index (χ1) is 9.77. The van der Waals surface area contributed by atoms with Gasteiger partial charge in [0, 0.05) is 25.0 Å². The summed E-state index contributed by atoms with van der Waals surface area (Å²) in [6.07, 6.45) is -1.41. The van der Waals surface area contributed by atoms with Gasteiger partial charge in [-0.25, -0.2) is 17.2 Å². The highest BCUT2D eigenvalue weighted by Crippen LogP contribution is 2.25. The lowest BCUT2D eigenvalue weighted by molar-refractivity contribution is -0.126. The molecule has 1 aromatic rings. The van der Waals surface area contributed by atoms with E-state index in [1.54, 1.807) is 12.1 Å². The smallest absolute Gasteiger partial charge is 0.255 e. The number of hydrogen-bond donors (Lipinski definition) is 1. The second kappa shape index (κ2) is 5.97. The van der Waals surface area contributed by atoms with Crippen molar-refractivity contribution in [2.45, 2.75) is 11.3 Å². The Labute approximate surface area is 121 Å². The Hall–Kier alpha value is -1.70. The first-order valence-corrected chi connectivity index (χ1v) is 8.27. The van der Waals surface area contributed by atoms with Crippen LogP contribution in [0.1, 0.15) is 0 Å². The molecule has 1 aliphatic heterocycles. The zero-order chi connectivity index (χ0) is 15.6. The van der Waals surface area contributed by atoms with Crippen LogP contribution in [0.15, 0.2) is 29.2 Å². The number of anilines is 1. The molecule has 1 aliphatic rings. The average Bonchev–Trinajstić information content (AvgIpc) is 2.34. The lowest BCUT2D eigenvalue weighted by Crippen LogP contribution is -2.54. The molecule has 0 unspecified atom stereocenters. The van der Waals surface area contributed by atoms with Gasteiger partial charge in [0.1, 0.15) is 0 Å². The van der Waals surface area contributed by atoms with E-state index in [2.05, 4.69) is 5.32 Å². The van der Waals surface area contributed by atoms with Crippen molar-refractivity contribution in [3.63, 3.8) is 0 Å². The third-order valence-electron chi connectivity index (χ3n) is 3.31. The van der Waals surface area contributed by atoms with Crippen molar-refractivity contribution < 1.29 is 22.0 Å². The number of amides is 1. The molecule has 5 nitrogen and oxygen atoms in total. The molecule has 0 saturated carbocycles. The monoisotopic (exact) mass is 318 g/mol. The molecule has 0 bridgehead atoms. The van der Waals surface area contributed by atoms with Crippen molar-refractivity contribution >= 4 is 21.4 Å². The Kier molecular flexibility index (Phi) is 4.46. The molecule has 8 heteroatoms. The largest absolute Gasteiger partial charge is 0.370 e. The number of hydrogen-bond acceptors (Lipinski definition) is 4. The highest BCUT2D eigenvalue weighted by atomic mass is 32.2. The van der Waals surface area contributed by atoms with Gasteiger partial charge in [-0.1, -0.05) is 0 Å². The van der Waals surface area contributed by atoms with Crippen LogP contribution in [0.5, 0.6) is 0 Å². The summed E-state index contributed by atoms with van der Waals surface area (Å²) in [5, 5.41) is 2.19. The Morgan fingerprint density at radius 2 is 1.90 bits per heavy atom. The number of sulfone groups is 1. The predicted octanol–water partition coefficient (Wildman–Crippen LogP) is 0.908. The van der Waals surface area contributed by atoms with Gasteiger partial charge in [0.25, 0.3) is 6.43 Å². The molecule has 116 valence electrons. The highest BCUT2D eigenvalue weighted by molar-refractivity contribution is 7.90. The zero-order valence-corrected chi connectivity index (χ0v) is 12.2. The van der Waals surface area contributed by atoms with Gasteiger partial charge in [-0.2, -0.15) is 0 Å². The Morgan fingerprint density at radius 1 is 1.33 bits per heavy atom. The summed E-state index contributed by atoms with van der Waals surface area (Å²) in [4.78, 5) is 13.7. The van der Waals surface area contributed by atoms with Crippen LogP contribution in [-0.2, 0) is 14.6 Å². The van der Waals surface area contributed by atoms with Gasteiger partial charge in [0.2, 0.25) is 5.91 Å². The molecule has 0 atom stereocenters. The van der Waals surface area contributed by atoms with Crippen LogP contribution in [0.25, 0.3) is 0 Å². The molecule has 0 aromatic heterocycles. The van der Waals surface area contributed by atoms with E-state index in [1.165, 1.54) is 12.1 Å². The Balaban J connectivity index is 1.88. The SMILES string of the molecule is CS(=O)(=O)c1ccc(N2CC(C(=O)NCC(F)F)C2)cc1. The maximum absolute atomic E-state index is 12.0. The fourth-order valence-electron chi connectivity index (χ4n) is 2.08. The van der Waals surface area contributed by atoms with Crippen molar-refractivity contribution in [3.05, 3.63) is 24.3 Å². The molecule has 0 spiro atoms. The number of alkyl halides is 2. The van der Waals surface area contributed by atoms with E-state index in [9.17, 15) is 22.0 Å². The number of benzene rings is 1. The number of nitrogens with one attached hydrogen (secondary N) is 1. The third-order valence-corrected chi connectivity index (χ3v) is 4.44. The predicted molar refractivity (Wildman–Crippen MR) is 74.3 cm³/mol. The van der Waals surface area contributed by atoms with E-state index in [1.807, 2.05) is 4.90 Å². The van der Waals surface area contributed by atoms with Crippen molar-refractivity contribution in [1.82, 2.24) is 5.32 Å². The first kappa shape index (κ1) is 15.7. The fourth-order valence-corrected chi connectivity index (χ4v) is 2.71. The highest BCUT2D eigenvalue weighted by Gasteiger charge is 2.32. The maximum Gasteiger partial charge on any atom is 0.255 e. The normalized spacial score (nSPS) is 15.9. The first-order valence-electron chi connectivity index (χ1n) is 6.38. The lowest BCUT2D eigenvalue weighted by atomic mass is 9.98. The molecule has 1 N–H and O–H groups in total. The van der Waals surface area contributed by atoms with Gasteiger partial charge < -0.3 is 10.2 Å². The van der Waals surface area contributed by atoms with Crippen LogP contribution >= 0.6 is 0 Å². The molecule has 1 amide bonds. The Morgan fingerprint density at radius 3 is 2.38 bits per heavy atom. The lowest BCUT2D eigenvalue weighted by Gasteiger charge is -2.40. The van der Waals surface area contributed by atoms with Crippen molar-refractivity contribution in [1.29, 1.82) is 0 Å². The molecule has 1 aromatic carbocycles. The molecule has 1 fully saturated rings. The minimum Gasteiger partial charge on any atom is -0.370 e. The minimum atomic E-state index is -3.23. The second-order valence-electron chi connectivity index (χ2n) is 5.00. The molecule has 1 heterocycles. The number of carbonyl (C=O) groups is 1. The van der Waals surface area contributed by atoms with E-state index in [0.717, 1.165) is 11.9 Å². The van der Waals surface area contributed by atoms with Gasteiger partial charge >= 0.3 is 0 Å². The van der Waals surface area contributed by atoms with Crippen LogP contribution in [0.4, 0.5) is 14.5 Å². The van der Waals surface area contributed by atoms with E-state index in [4.69, 9.17) is 0 Å². The molecule has 0 aliphatic carbocycles. The summed E-state index contributed by atoms with van der Waals surface area (Å²) in [5.41, 5.74) is 0.806. The maximum atomic E-state index is 12.0. The number of nitrogens with zero attached hydrogens (tertiary/aromatic N) is 1. The molecule has 21 heavy (non-hydrogen) atoms. The molecule has 0 radical (unpaired) electrons. The van der Waals surface area contributed by atoms with Crippen LogP contribution in [0, 0.1) is 5.92 Å². The van der Waals surface area contributed by atoms with E-state index >= 15 is 0 Å². The van der Waals surface area contributed by atoms with Gasteiger partial charge in [-0.15, -0.1) is 0 Å². The van der Waals surface area contributed by atoms with Crippen LogP contribution in [0.2, 0.25) is 0 Å². The third kappa shape index (κ3) is 3.90. The summed E-state index contributed by atoms with van der Waals surface area (Å²) in [6, 6.07) is 6.36. The van der Waals surface area contributed by atoms with Crippen LogP contribution in [-0.4, -0.2) is 46.6 Å². The van der Waals surface area contributed by atoms with Gasteiger partial charge in [0.05, 0.1) is 17.4 Å². The fraction of sp³-hybridized carbons (Fsp3) is 0.462. The minimum absolute atomic E-state index is 0.234. The summed E-state index contributed by atoms with van der Waals surface area (Å²) >= 11 is 0. The van der Waals surface area contributed by atoms with E-state index in [0.29, 0.717) is 13.1 Å². The molecular weight excluding hydrogens is 302 g/mol. The van der Waals surface area contributed by atoms with Crippen LogP contribution in [0.3, 0.4) is 0 Å². The van der Waals surface area contributed by atoms with Crippen molar-refractivity contribution in [2.75, 3.05) is 30.8 Å². The number of rotatable bonds is 5. The summed E-state index contributed by atoms with van der Waals surface area (Å²) in [5.74, 6) is -0.683. The van der Waals surface area contributed by atoms with Gasteiger partial charge in [-0.05, 0) is 24.3 Å². The molecule has 2 rings (SSSR count). The van der Waals surface area contributed by atoms with E-state index in [-0.39, 0.29) is 16.7 Å². The van der Waals surface area contributed by atoms with E-state index < -0.39 is 22.8 Å².